The van der Waals surface area contributed by atoms with Crippen LogP contribution in [0, 0.1) is 0 Å². The van der Waals surface area contributed by atoms with Crippen molar-refractivity contribution in [3.63, 3.8) is 0 Å². The van der Waals surface area contributed by atoms with Crippen LogP contribution in [0.4, 0.5) is 13.2 Å². The first-order chi connectivity index (χ1) is 5.52. The second-order valence-electron chi connectivity index (χ2n) is 1.99. The van der Waals surface area contributed by atoms with Crippen LogP contribution < -0.4 is 5.73 Å². The van der Waals surface area contributed by atoms with Gasteiger partial charge in [0.2, 0.25) is 0 Å². The molecule has 0 fully saturated rings. The zero-order chi connectivity index (χ0) is 9.61. The van der Waals surface area contributed by atoms with Gasteiger partial charge in [0, 0.05) is 6.54 Å². The van der Waals surface area contributed by atoms with Crippen LogP contribution in [0.2, 0.25) is 0 Å². The van der Waals surface area contributed by atoms with E-state index in [0.717, 1.165) is 12.2 Å². The maximum Gasteiger partial charge on any atom is 0.416 e. The first kappa shape index (κ1) is 11.0. The van der Waals surface area contributed by atoms with Crippen LogP contribution in [0.15, 0.2) is 36.5 Å². The molecule has 0 aliphatic heterocycles. The van der Waals surface area contributed by atoms with Gasteiger partial charge in [-0.15, -0.1) is 0 Å². The minimum atomic E-state index is -4.33. The largest absolute Gasteiger partial charge is 0.416 e. The van der Waals surface area contributed by atoms with Crippen LogP contribution in [-0.2, 0) is 0 Å². The molecule has 0 rings (SSSR count). The average molecular weight is 177 g/mol. The lowest BCUT2D eigenvalue weighted by molar-refractivity contribution is -0.0883. The second kappa shape index (κ2) is 4.77. The van der Waals surface area contributed by atoms with Crippen molar-refractivity contribution >= 4 is 0 Å². The number of alkyl halides is 3. The van der Waals surface area contributed by atoms with Crippen LogP contribution in [-0.4, -0.2) is 12.7 Å². The molecule has 0 aliphatic carbocycles. The molecule has 0 aromatic carbocycles. The number of halogens is 3. The summed E-state index contributed by atoms with van der Waals surface area (Å²) in [4.78, 5) is 0. The number of rotatable bonds is 3. The average Bonchev–Trinajstić information content (AvgIpc) is 1.95. The summed E-state index contributed by atoms with van der Waals surface area (Å²) in [5.41, 5.74) is 4.22. The lowest BCUT2D eigenvalue weighted by atomic mass is 10.2. The van der Waals surface area contributed by atoms with Gasteiger partial charge in [0.1, 0.15) is 0 Å². The lowest BCUT2D eigenvalue weighted by Gasteiger charge is -2.06. The summed E-state index contributed by atoms with van der Waals surface area (Å²) < 4.78 is 36.1. The topological polar surface area (TPSA) is 26.0 Å². The molecule has 12 heavy (non-hydrogen) atoms. The van der Waals surface area contributed by atoms with E-state index in [2.05, 4.69) is 6.58 Å². The highest BCUT2D eigenvalue weighted by atomic mass is 19.4. The fourth-order valence-electron chi connectivity index (χ4n) is 0.577. The molecular formula is C8H10F3N. The highest BCUT2D eigenvalue weighted by molar-refractivity contribution is 5.26. The molecule has 0 bridgehead atoms. The highest BCUT2D eigenvalue weighted by Crippen LogP contribution is 2.26. The molecule has 0 heterocycles. The zero-order valence-electron chi connectivity index (χ0n) is 6.43. The molecule has 4 heteroatoms. The molecule has 0 radical (unpaired) electrons. The van der Waals surface area contributed by atoms with E-state index in [1.165, 1.54) is 12.2 Å². The van der Waals surface area contributed by atoms with Crippen LogP contribution in [0.3, 0.4) is 0 Å². The van der Waals surface area contributed by atoms with Gasteiger partial charge < -0.3 is 5.73 Å². The van der Waals surface area contributed by atoms with Gasteiger partial charge in [-0.3, -0.25) is 0 Å². The van der Waals surface area contributed by atoms with Crippen molar-refractivity contribution in [2.45, 2.75) is 6.18 Å². The Morgan fingerprint density at radius 2 is 2.00 bits per heavy atom. The lowest BCUT2D eigenvalue weighted by Crippen LogP contribution is -2.11. The van der Waals surface area contributed by atoms with Gasteiger partial charge in [0.05, 0.1) is 5.57 Å². The monoisotopic (exact) mass is 177 g/mol. The molecule has 0 amide bonds. The third-order valence-corrected chi connectivity index (χ3v) is 1.08. The predicted octanol–water partition coefficient (Wildman–Crippen LogP) is 2.18. The molecule has 0 saturated heterocycles. The Hall–Kier alpha value is -1.03. The molecule has 2 N–H and O–H groups in total. The van der Waals surface area contributed by atoms with Crippen LogP contribution in [0.5, 0.6) is 0 Å². The van der Waals surface area contributed by atoms with Crippen molar-refractivity contribution in [1.29, 1.82) is 0 Å². The molecule has 1 nitrogen and oxygen atoms in total. The number of allylic oxidation sites excluding steroid dienone is 4. The minimum Gasteiger partial charge on any atom is -0.327 e. The molecule has 0 aromatic heterocycles. The van der Waals surface area contributed by atoms with Gasteiger partial charge >= 0.3 is 6.18 Å². The molecule has 0 unspecified atom stereocenters. The van der Waals surface area contributed by atoms with Gasteiger partial charge in [-0.2, -0.15) is 13.2 Å². The van der Waals surface area contributed by atoms with Crippen molar-refractivity contribution in [3.8, 4) is 0 Å². The Labute approximate surface area is 69.1 Å². The molecule has 0 aliphatic rings. The first-order valence-corrected chi connectivity index (χ1v) is 3.29. The third kappa shape index (κ3) is 3.98. The number of nitrogens with two attached hydrogens (primary N) is 1. The molecule has 0 atom stereocenters. The van der Waals surface area contributed by atoms with Gasteiger partial charge in [0.15, 0.2) is 0 Å². The van der Waals surface area contributed by atoms with Crippen molar-refractivity contribution < 1.29 is 13.2 Å². The van der Waals surface area contributed by atoms with E-state index in [-0.39, 0.29) is 6.54 Å². The van der Waals surface area contributed by atoms with E-state index in [1.54, 1.807) is 0 Å². The normalized spacial score (nSPS) is 13.8. The van der Waals surface area contributed by atoms with Crippen molar-refractivity contribution in [1.82, 2.24) is 0 Å². The Morgan fingerprint density at radius 1 is 1.42 bits per heavy atom. The summed E-state index contributed by atoms with van der Waals surface area (Å²) in [7, 11) is 0. The molecule has 0 saturated carbocycles. The number of hydrogen-bond donors (Lipinski definition) is 1. The summed E-state index contributed by atoms with van der Waals surface area (Å²) in [6.07, 6.45) is 0.00379. The summed E-state index contributed by atoms with van der Waals surface area (Å²) >= 11 is 0. The summed E-state index contributed by atoms with van der Waals surface area (Å²) in [6, 6.07) is 0. The number of hydrogen-bond acceptors (Lipinski definition) is 1. The van der Waals surface area contributed by atoms with E-state index in [1.807, 2.05) is 0 Å². The van der Waals surface area contributed by atoms with Crippen LogP contribution in [0.1, 0.15) is 0 Å². The van der Waals surface area contributed by atoms with E-state index in [9.17, 15) is 13.2 Å². The minimum absolute atomic E-state index is 0.129. The van der Waals surface area contributed by atoms with Crippen LogP contribution in [0.25, 0.3) is 0 Å². The summed E-state index contributed by atoms with van der Waals surface area (Å²) in [5.74, 6) is 0. The predicted molar refractivity (Wildman–Crippen MR) is 42.5 cm³/mol. The van der Waals surface area contributed by atoms with Gasteiger partial charge in [0.25, 0.3) is 0 Å². The standard InChI is InChI=1S/C8H10F3N/c1-2-3-4-7(5-6-12)8(9,10)11/h2-5H,1,6,12H2/b4-3-,7-5+. The summed E-state index contributed by atoms with van der Waals surface area (Å²) in [6.45, 7) is 3.13. The Morgan fingerprint density at radius 3 is 2.33 bits per heavy atom. The van der Waals surface area contributed by atoms with E-state index < -0.39 is 11.7 Å². The molecule has 0 spiro atoms. The third-order valence-electron chi connectivity index (χ3n) is 1.08. The quantitative estimate of drug-likeness (QED) is 0.657. The van der Waals surface area contributed by atoms with Crippen LogP contribution >= 0.6 is 0 Å². The highest BCUT2D eigenvalue weighted by Gasteiger charge is 2.30. The summed E-state index contributed by atoms with van der Waals surface area (Å²) in [5, 5.41) is 0. The van der Waals surface area contributed by atoms with E-state index in [0.29, 0.717) is 0 Å². The first-order valence-electron chi connectivity index (χ1n) is 3.29. The van der Waals surface area contributed by atoms with Crippen molar-refractivity contribution in [2.24, 2.45) is 5.73 Å². The molecule has 0 aromatic rings. The Balaban J connectivity index is 4.56. The maximum atomic E-state index is 12.0. The van der Waals surface area contributed by atoms with Crippen molar-refractivity contribution in [2.75, 3.05) is 6.54 Å². The van der Waals surface area contributed by atoms with Gasteiger partial charge in [-0.25, -0.2) is 0 Å². The Bertz CT molecular complexity index is 201. The zero-order valence-corrected chi connectivity index (χ0v) is 6.43. The molecule has 68 valence electrons. The van der Waals surface area contributed by atoms with E-state index in [4.69, 9.17) is 5.73 Å². The van der Waals surface area contributed by atoms with Gasteiger partial charge in [-0.1, -0.05) is 30.9 Å². The SMILES string of the molecule is C=C/C=C\C(=C/CN)C(F)(F)F. The molecular weight excluding hydrogens is 167 g/mol. The van der Waals surface area contributed by atoms with E-state index >= 15 is 0 Å². The van der Waals surface area contributed by atoms with Gasteiger partial charge in [-0.05, 0) is 0 Å². The fourth-order valence-corrected chi connectivity index (χ4v) is 0.577. The second-order valence-corrected chi connectivity index (χ2v) is 1.99. The fraction of sp³-hybridized carbons (Fsp3) is 0.250. The Kier molecular flexibility index (Phi) is 4.36. The maximum absolute atomic E-state index is 12.0. The van der Waals surface area contributed by atoms with Crippen molar-refractivity contribution in [3.05, 3.63) is 36.5 Å². The smallest absolute Gasteiger partial charge is 0.327 e.